The summed E-state index contributed by atoms with van der Waals surface area (Å²) in [5, 5.41) is 10.3. The Labute approximate surface area is 92.6 Å². The van der Waals surface area contributed by atoms with E-state index in [0.29, 0.717) is 12.1 Å². The van der Waals surface area contributed by atoms with Crippen LogP contribution in [0.5, 0.6) is 0 Å². The summed E-state index contributed by atoms with van der Waals surface area (Å²) in [6, 6.07) is 0.986. The molecule has 0 aromatic rings. The highest BCUT2D eigenvalue weighted by Gasteiger charge is 2.35. The lowest BCUT2D eigenvalue weighted by Crippen LogP contribution is -2.43. The first-order valence-corrected chi connectivity index (χ1v) is 6.27. The van der Waals surface area contributed by atoms with Gasteiger partial charge in [0.05, 0.1) is 5.60 Å². The minimum atomic E-state index is -0.401. The van der Waals surface area contributed by atoms with Gasteiger partial charge in [-0.25, -0.2) is 0 Å². The quantitative estimate of drug-likeness (QED) is 0.736. The molecular weight excluding hydrogens is 188 g/mol. The molecule has 3 nitrogen and oxygen atoms in total. The van der Waals surface area contributed by atoms with Crippen LogP contribution in [0, 0.1) is 0 Å². The largest absolute Gasteiger partial charge is 0.389 e. The predicted octanol–water partition coefficient (Wildman–Crippen LogP) is 1.10. The lowest BCUT2D eigenvalue weighted by Gasteiger charge is -2.32. The van der Waals surface area contributed by atoms with Crippen molar-refractivity contribution in [2.75, 3.05) is 13.6 Å². The molecular formula is C12H24N2O. The van der Waals surface area contributed by atoms with Gasteiger partial charge in [0.15, 0.2) is 0 Å². The lowest BCUT2D eigenvalue weighted by molar-refractivity contribution is 0.00586. The van der Waals surface area contributed by atoms with E-state index in [2.05, 4.69) is 11.9 Å². The van der Waals surface area contributed by atoms with E-state index in [9.17, 15) is 5.11 Å². The average Bonchev–Trinajstić information content (AvgIpc) is 2.75. The zero-order valence-electron chi connectivity index (χ0n) is 9.78. The Bertz CT molecular complexity index is 214. The molecule has 0 bridgehead atoms. The topological polar surface area (TPSA) is 49.5 Å². The molecule has 0 amide bonds. The highest BCUT2D eigenvalue weighted by molar-refractivity contribution is 4.91. The van der Waals surface area contributed by atoms with Gasteiger partial charge in [0, 0.05) is 18.6 Å². The molecule has 0 heterocycles. The third kappa shape index (κ3) is 2.71. The number of nitrogens with zero attached hydrogens (tertiary/aromatic N) is 1. The normalized spacial score (nSPS) is 35.2. The second kappa shape index (κ2) is 4.40. The number of hydrogen-bond donors (Lipinski definition) is 2. The Kier molecular flexibility index (Phi) is 3.33. The molecule has 0 radical (unpaired) electrons. The maximum absolute atomic E-state index is 10.3. The number of likely N-dealkylation sites (N-methyl/N-ethyl adjacent to an activating group) is 1. The molecule has 3 heteroatoms. The fourth-order valence-electron chi connectivity index (χ4n) is 3.18. The number of nitrogens with two attached hydrogens (primary N) is 1. The van der Waals surface area contributed by atoms with E-state index in [1.807, 2.05) is 0 Å². The van der Waals surface area contributed by atoms with Gasteiger partial charge in [0.1, 0.15) is 0 Å². The van der Waals surface area contributed by atoms with E-state index in [-0.39, 0.29) is 0 Å². The minimum Gasteiger partial charge on any atom is -0.389 e. The number of aliphatic hydroxyl groups is 1. The van der Waals surface area contributed by atoms with Crippen molar-refractivity contribution < 1.29 is 5.11 Å². The standard InChI is InChI=1S/C12H24N2O/c1-14(11-5-4-10(13)8-11)9-12(15)6-2-3-7-12/h10-11,15H,2-9,13H2,1H3. The summed E-state index contributed by atoms with van der Waals surface area (Å²) < 4.78 is 0. The van der Waals surface area contributed by atoms with E-state index in [1.165, 1.54) is 19.3 Å². The Balaban J connectivity index is 1.83. The summed E-state index contributed by atoms with van der Waals surface area (Å²) in [6.07, 6.45) is 7.79. The minimum absolute atomic E-state index is 0.385. The van der Waals surface area contributed by atoms with Crippen LogP contribution in [0.25, 0.3) is 0 Å². The third-order valence-electron chi connectivity index (χ3n) is 4.15. The Hall–Kier alpha value is -0.120. The molecule has 0 aromatic heterocycles. The van der Waals surface area contributed by atoms with E-state index in [0.717, 1.165) is 32.2 Å². The molecule has 2 atom stereocenters. The second-order valence-corrected chi connectivity index (χ2v) is 5.57. The van der Waals surface area contributed by atoms with Crippen LogP contribution in [0.4, 0.5) is 0 Å². The van der Waals surface area contributed by atoms with Crippen LogP contribution in [-0.2, 0) is 0 Å². The van der Waals surface area contributed by atoms with Crippen LogP contribution in [0.3, 0.4) is 0 Å². The van der Waals surface area contributed by atoms with Gasteiger partial charge in [-0.2, -0.15) is 0 Å². The van der Waals surface area contributed by atoms with Crippen molar-refractivity contribution >= 4 is 0 Å². The first-order valence-electron chi connectivity index (χ1n) is 6.27. The molecule has 2 aliphatic rings. The zero-order chi connectivity index (χ0) is 10.9. The lowest BCUT2D eigenvalue weighted by atomic mass is 10.0. The summed E-state index contributed by atoms with van der Waals surface area (Å²) in [5.41, 5.74) is 5.51. The van der Waals surface area contributed by atoms with E-state index in [1.54, 1.807) is 0 Å². The predicted molar refractivity (Wildman–Crippen MR) is 61.7 cm³/mol. The molecule has 15 heavy (non-hydrogen) atoms. The van der Waals surface area contributed by atoms with Gasteiger partial charge in [-0.1, -0.05) is 12.8 Å². The van der Waals surface area contributed by atoms with Crippen molar-refractivity contribution in [3.05, 3.63) is 0 Å². The smallest absolute Gasteiger partial charge is 0.0774 e. The highest BCUT2D eigenvalue weighted by Crippen LogP contribution is 2.32. The molecule has 2 unspecified atom stereocenters. The van der Waals surface area contributed by atoms with Crippen molar-refractivity contribution in [1.82, 2.24) is 4.90 Å². The fourth-order valence-corrected chi connectivity index (χ4v) is 3.18. The zero-order valence-corrected chi connectivity index (χ0v) is 9.78. The summed E-state index contributed by atoms with van der Waals surface area (Å²) in [5.74, 6) is 0. The van der Waals surface area contributed by atoms with Gasteiger partial charge in [0.2, 0.25) is 0 Å². The Morgan fingerprint density at radius 1 is 1.33 bits per heavy atom. The summed E-state index contributed by atoms with van der Waals surface area (Å²) in [6.45, 7) is 0.838. The Morgan fingerprint density at radius 3 is 2.53 bits per heavy atom. The molecule has 2 fully saturated rings. The summed E-state index contributed by atoms with van der Waals surface area (Å²) in [7, 11) is 2.14. The monoisotopic (exact) mass is 212 g/mol. The van der Waals surface area contributed by atoms with Crippen LogP contribution in [-0.4, -0.2) is 41.3 Å². The average molecular weight is 212 g/mol. The van der Waals surface area contributed by atoms with Gasteiger partial charge >= 0.3 is 0 Å². The van der Waals surface area contributed by atoms with Gasteiger partial charge in [-0.05, 0) is 39.2 Å². The van der Waals surface area contributed by atoms with Crippen molar-refractivity contribution in [2.45, 2.75) is 62.6 Å². The molecule has 0 spiro atoms. The maximum atomic E-state index is 10.3. The molecule has 0 aliphatic heterocycles. The van der Waals surface area contributed by atoms with Crippen molar-refractivity contribution in [1.29, 1.82) is 0 Å². The fraction of sp³-hybridized carbons (Fsp3) is 1.00. The van der Waals surface area contributed by atoms with Crippen molar-refractivity contribution in [3.63, 3.8) is 0 Å². The van der Waals surface area contributed by atoms with Crippen molar-refractivity contribution in [2.24, 2.45) is 5.73 Å². The van der Waals surface area contributed by atoms with Crippen LogP contribution in [0.15, 0.2) is 0 Å². The molecule has 0 aromatic carbocycles. The first-order chi connectivity index (χ1) is 7.09. The van der Waals surface area contributed by atoms with E-state index in [4.69, 9.17) is 5.73 Å². The SMILES string of the molecule is CN(CC1(O)CCCC1)C1CCC(N)C1. The maximum Gasteiger partial charge on any atom is 0.0774 e. The van der Waals surface area contributed by atoms with Gasteiger partial charge in [-0.3, -0.25) is 0 Å². The highest BCUT2D eigenvalue weighted by atomic mass is 16.3. The summed E-state index contributed by atoms with van der Waals surface area (Å²) in [4.78, 5) is 2.33. The van der Waals surface area contributed by atoms with Crippen LogP contribution in [0.2, 0.25) is 0 Å². The third-order valence-corrected chi connectivity index (χ3v) is 4.15. The number of rotatable bonds is 3. The van der Waals surface area contributed by atoms with Gasteiger partial charge < -0.3 is 15.7 Å². The van der Waals surface area contributed by atoms with Crippen LogP contribution < -0.4 is 5.73 Å². The van der Waals surface area contributed by atoms with Gasteiger partial charge in [-0.15, -0.1) is 0 Å². The molecule has 3 N–H and O–H groups in total. The van der Waals surface area contributed by atoms with Crippen LogP contribution >= 0.6 is 0 Å². The molecule has 88 valence electrons. The molecule has 2 saturated carbocycles. The van der Waals surface area contributed by atoms with E-state index < -0.39 is 5.60 Å². The first kappa shape index (κ1) is 11.4. The van der Waals surface area contributed by atoms with Crippen molar-refractivity contribution in [3.8, 4) is 0 Å². The molecule has 2 aliphatic carbocycles. The Morgan fingerprint density at radius 2 is 2.00 bits per heavy atom. The molecule has 2 rings (SSSR count). The van der Waals surface area contributed by atoms with Gasteiger partial charge in [0.25, 0.3) is 0 Å². The van der Waals surface area contributed by atoms with Crippen LogP contribution in [0.1, 0.15) is 44.9 Å². The number of hydrogen-bond acceptors (Lipinski definition) is 3. The second-order valence-electron chi connectivity index (χ2n) is 5.57. The molecule has 0 saturated heterocycles. The summed E-state index contributed by atoms with van der Waals surface area (Å²) >= 11 is 0. The van der Waals surface area contributed by atoms with E-state index >= 15 is 0 Å².